The first-order valence-corrected chi connectivity index (χ1v) is 7.91. The summed E-state index contributed by atoms with van der Waals surface area (Å²) in [7, 11) is 1.37. The highest BCUT2D eigenvalue weighted by atomic mass is 16.7. The molecule has 0 spiro atoms. The topological polar surface area (TPSA) is 126 Å². The van der Waals surface area contributed by atoms with Crippen molar-refractivity contribution in [2.24, 2.45) is 0 Å². The summed E-state index contributed by atoms with van der Waals surface area (Å²) in [5.41, 5.74) is -0.743. The maximum atomic E-state index is 12.8. The number of hydrogen-bond acceptors (Lipinski definition) is 6. The molecule has 1 saturated heterocycles. The van der Waals surface area contributed by atoms with Crippen molar-refractivity contribution in [3.63, 3.8) is 0 Å². The number of ether oxygens (including phenoxy) is 2. The first-order chi connectivity index (χ1) is 12.3. The van der Waals surface area contributed by atoms with Gasteiger partial charge in [-0.15, -0.1) is 0 Å². The van der Waals surface area contributed by atoms with E-state index in [2.05, 4.69) is 16.0 Å². The standard InChI is InChI=1S/C16H18N4O6/c1-16(9-3-4-10-11(7-9)26-8-25-10)13(22)20(15(24)19-16)6-5-12(21)18-14(23)17-2/h3-4,7H,5-6,8H2,1-2H3,(H,19,24)(H2,17,18,21,23). The van der Waals surface area contributed by atoms with E-state index in [1.807, 2.05) is 0 Å². The number of nitrogens with one attached hydrogen (secondary N) is 3. The summed E-state index contributed by atoms with van der Waals surface area (Å²) in [6.45, 7) is 1.53. The fraction of sp³-hybridized carbons (Fsp3) is 0.375. The Bertz CT molecular complexity index is 795. The van der Waals surface area contributed by atoms with Gasteiger partial charge in [-0.2, -0.15) is 0 Å². The maximum Gasteiger partial charge on any atom is 0.325 e. The molecule has 1 aromatic carbocycles. The Morgan fingerprint density at radius 2 is 2.00 bits per heavy atom. The van der Waals surface area contributed by atoms with Crippen LogP contribution in [0.5, 0.6) is 11.5 Å². The number of fused-ring (bicyclic) bond motifs is 1. The molecule has 10 heteroatoms. The van der Waals surface area contributed by atoms with Crippen LogP contribution >= 0.6 is 0 Å². The van der Waals surface area contributed by atoms with Gasteiger partial charge in [0, 0.05) is 20.0 Å². The lowest BCUT2D eigenvalue weighted by molar-refractivity contribution is -0.131. The molecule has 1 aromatic rings. The van der Waals surface area contributed by atoms with E-state index < -0.39 is 29.4 Å². The van der Waals surface area contributed by atoms with Crippen molar-refractivity contribution in [3.05, 3.63) is 23.8 Å². The highest BCUT2D eigenvalue weighted by Gasteiger charge is 2.49. The second-order valence-corrected chi connectivity index (χ2v) is 5.96. The van der Waals surface area contributed by atoms with Gasteiger partial charge in [0.15, 0.2) is 11.5 Å². The van der Waals surface area contributed by atoms with Crippen LogP contribution in [0, 0.1) is 0 Å². The van der Waals surface area contributed by atoms with Gasteiger partial charge in [-0.3, -0.25) is 19.8 Å². The average Bonchev–Trinajstić information content (AvgIpc) is 3.16. The third-order valence-electron chi connectivity index (χ3n) is 4.27. The fourth-order valence-electron chi connectivity index (χ4n) is 2.77. The molecule has 6 amide bonds. The summed E-state index contributed by atoms with van der Waals surface area (Å²) in [5.74, 6) is -0.0261. The Morgan fingerprint density at radius 3 is 2.73 bits per heavy atom. The number of carbonyl (C=O) groups is 4. The van der Waals surface area contributed by atoms with Crippen LogP contribution in [-0.2, 0) is 15.1 Å². The van der Waals surface area contributed by atoms with Crippen LogP contribution in [0.1, 0.15) is 18.9 Å². The van der Waals surface area contributed by atoms with Gasteiger partial charge >= 0.3 is 12.1 Å². The summed E-state index contributed by atoms with van der Waals surface area (Å²) >= 11 is 0. The largest absolute Gasteiger partial charge is 0.454 e. The van der Waals surface area contributed by atoms with Crippen LogP contribution in [0.25, 0.3) is 0 Å². The highest BCUT2D eigenvalue weighted by molar-refractivity contribution is 6.07. The molecular weight excluding hydrogens is 344 g/mol. The van der Waals surface area contributed by atoms with Crippen molar-refractivity contribution in [2.75, 3.05) is 20.4 Å². The summed E-state index contributed by atoms with van der Waals surface area (Å²) in [5, 5.41) is 6.96. The molecule has 3 N–H and O–H groups in total. The van der Waals surface area contributed by atoms with Crippen molar-refractivity contribution in [1.82, 2.24) is 20.9 Å². The Kier molecular flexibility index (Phi) is 4.41. The van der Waals surface area contributed by atoms with Gasteiger partial charge in [0.25, 0.3) is 5.91 Å². The predicted molar refractivity (Wildman–Crippen MR) is 87.4 cm³/mol. The molecule has 2 heterocycles. The molecule has 26 heavy (non-hydrogen) atoms. The van der Waals surface area contributed by atoms with Crippen LogP contribution in [0.15, 0.2) is 18.2 Å². The van der Waals surface area contributed by atoms with Crippen molar-refractivity contribution in [1.29, 1.82) is 0 Å². The normalized spacial score (nSPS) is 20.8. The molecule has 0 bridgehead atoms. The number of carbonyl (C=O) groups excluding carboxylic acids is 4. The monoisotopic (exact) mass is 362 g/mol. The van der Waals surface area contributed by atoms with Gasteiger partial charge in [0.1, 0.15) is 5.54 Å². The number of amides is 6. The van der Waals surface area contributed by atoms with E-state index in [1.54, 1.807) is 25.1 Å². The lowest BCUT2D eigenvalue weighted by Gasteiger charge is -2.22. The van der Waals surface area contributed by atoms with E-state index >= 15 is 0 Å². The lowest BCUT2D eigenvalue weighted by Crippen LogP contribution is -2.42. The van der Waals surface area contributed by atoms with E-state index in [0.717, 1.165) is 4.90 Å². The molecule has 2 aliphatic rings. The number of hydrogen-bond donors (Lipinski definition) is 3. The zero-order chi connectivity index (χ0) is 18.9. The van der Waals surface area contributed by atoms with Crippen LogP contribution in [0.4, 0.5) is 9.59 Å². The number of imide groups is 2. The van der Waals surface area contributed by atoms with Crippen LogP contribution in [0.3, 0.4) is 0 Å². The Labute approximate surface area is 148 Å². The first-order valence-electron chi connectivity index (χ1n) is 7.91. The zero-order valence-corrected chi connectivity index (χ0v) is 14.3. The molecule has 0 saturated carbocycles. The fourth-order valence-corrected chi connectivity index (χ4v) is 2.77. The molecule has 0 radical (unpaired) electrons. The summed E-state index contributed by atoms with van der Waals surface area (Å²) in [6.07, 6.45) is -0.191. The smallest absolute Gasteiger partial charge is 0.325 e. The third-order valence-corrected chi connectivity index (χ3v) is 4.27. The SMILES string of the molecule is CNC(=O)NC(=O)CCN1C(=O)NC(C)(c2ccc3c(c2)OCO3)C1=O. The number of benzene rings is 1. The molecule has 2 aliphatic heterocycles. The van der Waals surface area contributed by atoms with E-state index in [4.69, 9.17) is 9.47 Å². The van der Waals surface area contributed by atoms with Crippen molar-refractivity contribution in [3.8, 4) is 11.5 Å². The molecule has 0 aromatic heterocycles. The summed E-state index contributed by atoms with van der Waals surface area (Å²) < 4.78 is 10.6. The maximum absolute atomic E-state index is 12.8. The summed E-state index contributed by atoms with van der Waals surface area (Å²) in [6, 6.07) is 3.72. The second kappa shape index (κ2) is 6.54. The van der Waals surface area contributed by atoms with E-state index in [9.17, 15) is 19.2 Å². The van der Waals surface area contributed by atoms with Gasteiger partial charge < -0.3 is 20.1 Å². The minimum absolute atomic E-state index is 0.0996. The summed E-state index contributed by atoms with van der Waals surface area (Å²) in [4.78, 5) is 48.7. The molecule has 1 atom stereocenters. The number of urea groups is 2. The quantitative estimate of drug-likeness (QED) is 0.649. The van der Waals surface area contributed by atoms with Gasteiger partial charge in [0.05, 0.1) is 0 Å². The second-order valence-electron chi connectivity index (χ2n) is 5.96. The lowest BCUT2D eigenvalue weighted by atomic mass is 9.91. The predicted octanol–water partition coefficient (Wildman–Crippen LogP) is 0.0280. The van der Waals surface area contributed by atoms with E-state index in [-0.39, 0.29) is 19.8 Å². The van der Waals surface area contributed by atoms with E-state index in [0.29, 0.717) is 17.1 Å². The van der Waals surface area contributed by atoms with Crippen molar-refractivity contribution in [2.45, 2.75) is 18.9 Å². The van der Waals surface area contributed by atoms with Gasteiger partial charge in [-0.25, -0.2) is 9.59 Å². The number of nitrogens with zero attached hydrogens (tertiary/aromatic N) is 1. The van der Waals surface area contributed by atoms with Gasteiger partial charge in [-0.1, -0.05) is 6.07 Å². The van der Waals surface area contributed by atoms with Crippen LogP contribution in [-0.4, -0.2) is 49.2 Å². The average molecular weight is 362 g/mol. The van der Waals surface area contributed by atoms with Crippen LogP contribution < -0.4 is 25.4 Å². The minimum Gasteiger partial charge on any atom is -0.454 e. The van der Waals surface area contributed by atoms with Crippen molar-refractivity contribution >= 4 is 23.9 Å². The Morgan fingerprint density at radius 1 is 1.27 bits per heavy atom. The third kappa shape index (κ3) is 3.01. The molecule has 0 aliphatic carbocycles. The molecular formula is C16H18N4O6. The molecule has 138 valence electrons. The highest BCUT2D eigenvalue weighted by Crippen LogP contribution is 2.37. The molecule has 1 unspecified atom stereocenters. The van der Waals surface area contributed by atoms with Gasteiger partial charge in [-0.05, 0) is 24.6 Å². The molecule has 1 fully saturated rings. The zero-order valence-electron chi connectivity index (χ0n) is 14.3. The Hall–Kier alpha value is -3.30. The first kappa shape index (κ1) is 17.5. The minimum atomic E-state index is -1.28. The number of rotatable bonds is 4. The van der Waals surface area contributed by atoms with Crippen LogP contribution in [0.2, 0.25) is 0 Å². The van der Waals surface area contributed by atoms with Crippen molar-refractivity contribution < 1.29 is 28.7 Å². The molecule has 3 rings (SSSR count). The van der Waals surface area contributed by atoms with E-state index in [1.165, 1.54) is 7.05 Å². The van der Waals surface area contributed by atoms with Gasteiger partial charge in [0.2, 0.25) is 12.7 Å². The molecule has 10 nitrogen and oxygen atoms in total. The Balaban J connectivity index is 1.72.